The van der Waals surface area contributed by atoms with Crippen LogP contribution in [0.25, 0.3) is 5.69 Å². The number of carbonyl (C=O) groups excluding carboxylic acids is 1. The summed E-state index contributed by atoms with van der Waals surface area (Å²) >= 11 is 0. The molecule has 1 fully saturated rings. The number of nitrogens with zero attached hydrogens (tertiary/aromatic N) is 4. The maximum atomic E-state index is 12.7. The number of benzene rings is 2. The van der Waals surface area contributed by atoms with E-state index >= 15 is 0 Å². The van der Waals surface area contributed by atoms with Crippen LogP contribution in [0, 0.1) is 6.92 Å². The minimum atomic E-state index is -0.166. The van der Waals surface area contributed by atoms with E-state index in [4.69, 9.17) is 0 Å². The van der Waals surface area contributed by atoms with Crippen molar-refractivity contribution >= 4 is 17.5 Å². The Balaban J connectivity index is 1.43. The van der Waals surface area contributed by atoms with Crippen molar-refractivity contribution in [2.45, 2.75) is 20.3 Å². The molecule has 7 nitrogen and oxygen atoms in total. The van der Waals surface area contributed by atoms with Gasteiger partial charge in [-0.15, -0.1) is 5.10 Å². The molecule has 160 valence electrons. The molecular weight excluding hydrogens is 390 g/mol. The first-order chi connectivity index (χ1) is 15.0. The number of piperazine rings is 1. The Morgan fingerprint density at radius 2 is 1.68 bits per heavy atom. The Morgan fingerprint density at radius 3 is 2.39 bits per heavy atom. The fourth-order valence-electron chi connectivity index (χ4n) is 3.72. The number of aryl methyl sites for hydroxylation is 2. The molecule has 0 bridgehead atoms. The fourth-order valence-corrected chi connectivity index (χ4v) is 3.72. The lowest BCUT2D eigenvalue weighted by atomic mass is 10.1. The molecular formula is C24H27N5O2. The van der Waals surface area contributed by atoms with Crippen LogP contribution in [0.2, 0.25) is 0 Å². The van der Waals surface area contributed by atoms with Crippen LogP contribution < -0.4 is 15.8 Å². The maximum absolute atomic E-state index is 12.7. The van der Waals surface area contributed by atoms with Crippen molar-refractivity contribution < 1.29 is 4.79 Å². The van der Waals surface area contributed by atoms with Crippen LogP contribution >= 0.6 is 0 Å². The molecule has 1 aromatic heterocycles. The van der Waals surface area contributed by atoms with Crippen LogP contribution in [0.4, 0.5) is 16.3 Å². The summed E-state index contributed by atoms with van der Waals surface area (Å²) in [6.07, 6.45) is 0.868. The first kappa shape index (κ1) is 20.7. The van der Waals surface area contributed by atoms with Gasteiger partial charge >= 0.3 is 6.03 Å². The van der Waals surface area contributed by atoms with E-state index in [2.05, 4.69) is 22.2 Å². The summed E-state index contributed by atoms with van der Waals surface area (Å²) in [4.78, 5) is 29.0. The third-order valence-corrected chi connectivity index (χ3v) is 5.60. The number of aromatic nitrogens is 2. The van der Waals surface area contributed by atoms with Crippen LogP contribution in [0.5, 0.6) is 0 Å². The number of anilines is 2. The van der Waals surface area contributed by atoms with Gasteiger partial charge < -0.3 is 15.1 Å². The maximum Gasteiger partial charge on any atom is 0.321 e. The topological polar surface area (TPSA) is 70.5 Å². The van der Waals surface area contributed by atoms with Gasteiger partial charge in [-0.25, -0.2) is 4.79 Å². The Labute approximate surface area is 181 Å². The highest BCUT2D eigenvalue weighted by Crippen LogP contribution is 2.18. The van der Waals surface area contributed by atoms with Crippen molar-refractivity contribution in [3.8, 4) is 5.69 Å². The lowest BCUT2D eigenvalue weighted by Crippen LogP contribution is -2.50. The average Bonchev–Trinajstić information content (AvgIpc) is 2.80. The Hall–Kier alpha value is -3.61. The van der Waals surface area contributed by atoms with E-state index in [1.54, 1.807) is 12.1 Å². The van der Waals surface area contributed by atoms with E-state index in [1.165, 1.54) is 4.68 Å². The molecule has 2 amide bonds. The number of nitrogens with one attached hydrogen (secondary N) is 1. The van der Waals surface area contributed by atoms with E-state index in [9.17, 15) is 9.59 Å². The van der Waals surface area contributed by atoms with Crippen molar-refractivity contribution in [1.29, 1.82) is 0 Å². The number of rotatable bonds is 4. The van der Waals surface area contributed by atoms with E-state index in [-0.39, 0.29) is 11.6 Å². The zero-order valence-electron chi connectivity index (χ0n) is 17.9. The number of urea groups is 1. The SMILES string of the molecule is CCc1ccccc1NC(=O)N1CCN(c2ccc(=O)n(-c3ccc(C)cc3)n2)CC1. The van der Waals surface area contributed by atoms with Gasteiger partial charge in [-0.1, -0.05) is 42.8 Å². The lowest BCUT2D eigenvalue weighted by molar-refractivity contribution is 0.208. The zero-order valence-corrected chi connectivity index (χ0v) is 17.9. The molecule has 7 heteroatoms. The van der Waals surface area contributed by atoms with Gasteiger partial charge in [0.25, 0.3) is 5.56 Å². The van der Waals surface area contributed by atoms with Crippen LogP contribution in [0.1, 0.15) is 18.1 Å². The van der Waals surface area contributed by atoms with Gasteiger partial charge in [0.15, 0.2) is 0 Å². The number of amides is 2. The highest BCUT2D eigenvalue weighted by atomic mass is 16.2. The second kappa shape index (κ2) is 9.04. The molecule has 0 aliphatic carbocycles. The second-order valence-electron chi connectivity index (χ2n) is 7.69. The Bertz CT molecular complexity index is 1120. The van der Waals surface area contributed by atoms with E-state index in [0.717, 1.165) is 34.7 Å². The Kier molecular flexibility index (Phi) is 6.02. The number of para-hydroxylation sites is 1. The minimum Gasteiger partial charge on any atom is -0.352 e. The summed E-state index contributed by atoms with van der Waals surface area (Å²) in [5, 5.41) is 7.60. The number of hydrogen-bond donors (Lipinski definition) is 1. The number of hydrogen-bond acceptors (Lipinski definition) is 4. The van der Waals surface area contributed by atoms with Gasteiger partial charge in [0.05, 0.1) is 5.69 Å². The predicted molar refractivity (Wildman–Crippen MR) is 123 cm³/mol. The van der Waals surface area contributed by atoms with Gasteiger partial charge in [-0.05, 0) is 43.2 Å². The Morgan fingerprint density at radius 1 is 0.968 bits per heavy atom. The number of carbonyl (C=O) groups is 1. The summed E-state index contributed by atoms with van der Waals surface area (Å²) < 4.78 is 1.43. The minimum absolute atomic E-state index is 0.0851. The van der Waals surface area contributed by atoms with Gasteiger partial charge in [-0.2, -0.15) is 4.68 Å². The summed E-state index contributed by atoms with van der Waals surface area (Å²) in [6.45, 7) is 6.57. The summed E-state index contributed by atoms with van der Waals surface area (Å²) in [6, 6.07) is 18.8. The third-order valence-electron chi connectivity index (χ3n) is 5.60. The quantitative estimate of drug-likeness (QED) is 0.706. The van der Waals surface area contributed by atoms with Crippen LogP contribution in [-0.4, -0.2) is 46.9 Å². The van der Waals surface area contributed by atoms with Gasteiger partial charge in [-0.3, -0.25) is 4.79 Å². The highest BCUT2D eigenvalue weighted by Gasteiger charge is 2.23. The summed E-state index contributed by atoms with van der Waals surface area (Å²) in [5.41, 5.74) is 3.69. The molecule has 0 atom stereocenters. The van der Waals surface area contributed by atoms with Crippen molar-refractivity contribution in [2.75, 3.05) is 36.4 Å². The van der Waals surface area contributed by atoms with Crippen molar-refractivity contribution in [3.05, 3.63) is 82.1 Å². The molecule has 4 rings (SSSR count). The standard InChI is InChI=1S/C24H27N5O2/c1-3-19-6-4-5-7-21(19)25-24(31)28-16-14-27(15-17-28)22-12-13-23(30)29(26-22)20-10-8-18(2)9-11-20/h4-13H,3,14-17H2,1-2H3,(H,25,31). The fraction of sp³-hybridized carbons (Fsp3) is 0.292. The molecule has 0 radical (unpaired) electrons. The monoisotopic (exact) mass is 417 g/mol. The molecule has 0 spiro atoms. The van der Waals surface area contributed by atoms with E-state index in [0.29, 0.717) is 26.2 Å². The molecule has 3 aromatic rings. The highest BCUT2D eigenvalue weighted by molar-refractivity contribution is 5.90. The molecule has 31 heavy (non-hydrogen) atoms. The average molecular weight is 418 g/mol. The van der Waals surface area contributed by atoms with Crippen LogP contribution in [0.3, 0.4) is 0 Å². The predicted octanol–water partition coefficient (Wildman–Crippen LogP) is 3.46. The smallest absolute Gasteiger partial charge is 0.321 e. The van der Waals surface area contributed by atoms with Crippen molar-refractivity contribution in [1.82, 2.24) is 14.7 Å². The van der Waals surface area contributed by atoms with Crippen molar-refractivity contribution in [3.63, 3.8) is 0 Å². The first-order valence-electron chi connectivity index (χ1n) is 10.6. The van der Waals surface area contributed by atoms with Gasteiger partial charge in [0, 0.05) is 37.9 Å². The molecule has 1 N–H and O–H groups in total. The van der Waals surface area contributed by atoms with E-state index < -0.39 is 0 Å². The lowest BCUT2D eigenvalue weighted by Gasteiger charge is -2.35. The van der Waals surface area contributed by atoms with Gasteiger partial charge in [0.2, 0.25) is 0 Å². The van der Waals surface area contributed by atoms with Crippen LogP contribution in [-0.2, 0) is 6.42 Å². The van der Waals surface area contributed by atoms with E-state index in [1.807, 2.05) is 60.4 Å². The molecule has 1 aliphatic rings. The molecule has 0 saturated carbocycles. The van der Waals surface area contributed by atoms with Crippen molar-refractivity contribution in [2.24, 2.45) is 0 Å². The normalized spacial score (nSPS) is 13.9. The zero-order chi connectivity index (χ0) is 21.8. The molecule has 2 aromatic carbocycles. The third kappa shape index (κ3) is 4.60. The summed E-state index contributed by atoms with van der Waals surface area (Å²) in [5.74, 6) is 0.733. The summed E-state index contributed by atoms with van der Waals surface area (Å²) in [7, 11) is 0. The molecule has 1 aliphatic heterocycles. The first-order valence-corrected chi connectivity index (χ1v) is 10.6. The van der Waals surface area contributed by atoms with Gasteiger partial charge in [0.1, 0.15) is 5.82 Å². The molecule has 2 heterocycles. The molecule has 1 saturated heterocycles. The largest absolute Gasteiger partial charge is 0.352 e. The molecule has 0 unspecified atom stereocenters. The second-order valence-corrected chi connectivity index (χ2v) is 7.69. The van der Waals surface area contributed by atoms with Crippen LogP contribution in [0.15, 0.2) is 65.5 Å².